The molecule has 1 atom stereocenters. The van der Waals surface area contributed by atoms with Crippen LogP contribution < -0.4 is 5.32 Å². The first-order valence-corrected chi connectivity index (χ1v) is 7.64. The molecule has 0 saturated carbocycles. The van der Waals surface area contributed by atoms with Crippen LogP contribution in [0.15, 0.2) is 42.5 Å². The molecule has 2 nitrogen and oxygen atoms in total. The number of fused-ring (bicyclic) bond motifs is 1. The second-order valence-corrected chi connectivity index (χ2v) is 6.30. The lowest BCUT2D eigenvalue weighted by atomic mass is 10.1. The quantitative estimate of drug-likeness (QED) is 0.724. The van der Waals surface area contributed by atoms with Crippen molar-refractivity contribution in [2.45, 2.75) is 26.8 Å². The van der Waals surface area contributed by atoms with Crippen molar-refractivity contribution in [1.82, 2.24) is 4.98 Å². The van der Waals surface area contributed by atoms with E-state index in [0.717, 1.165) is 10.6 Å². The van der Waals surface area contributed by atoms with Crippen molar-refractivity contribution in [2.75, 3.05) is 5.32 Å². The van der Waals surface area contributed by atoms with Crippen LogP contribution in [-0.4, -0.2) is 4.98 Å². The molecular weight excluding hydrogens is 264 g/mol. The molecule has 1 N–H and O–H groups in total. The minimum Gasteiger partial charge on any atom is -0.355 e. The number of thiazole rings is 1. The van der Waals surface area contributed by atoms with Gasteiger partial charge >= 0.3 is 0 Å². The molecular formula is C17H18N2S. The zero-order valence-electron chi connectivity index (χ0n) is 12.0. The smallest absolute Gasteiger partial charge is 0.184 e. The van der Waals surface area contributed by atoms with Gasteiger partial charge in [0.15, 0.2) is 5.13 Å². The van der Waals surface area contributed by atoms with Gasteiger partial charge in [0, 0.05) is 0 Å². The molecule has 3 rings (SSSR count). The summed E-state index contributed by atoms with van der Waals surface area (Å²) in [6.45, 7) is 6.39. The molecule has 0 saturated heterocycles. The minimum absolute atomic E-state index is 0.261. The number of aryl methyl sites for hydroxylation is 2. The average molecular weight is 282 g/mol. The molecule has 0 aliphatic rings. The van der Waals surface area contributed by atoms with E-state index in [1.807, 2.05) is 0 Å². The summed E-state index contributed by atoms with van der Waals surface area (Å²) in [6, 6.07) is 15.3. The molecule has 102 valence electrons. The lowest BCUT2D eigenvalue weighted by Crippen LogP contribution is -2.05. The molecule has 0 aliphatic heterocycles. The van der Waals surface area contributed by atoms with Gasteiger partial charge in [-0.2, -0.15) is 0 Å². The number of nitrogens with zero attached hydrogens (tertiary/aromatic N) is 1. The molecule has 20 heavy (non-hydrogen) atoms. The zero-order chi connectivity index (χ0) is 14.1. The molecule has 1 aromatic heterocycles. The first-order valence-electron chi connectivity index (χ1n) is 6.82. The second kappa shape index (κ2) is 5.25. The van der Waals surface area contributed by atoms with Crippen molar-refractivity contribution >= 4 is 26.7 Å². The van der Waals surface area contributed by atoms with Crippen LogP contribution in [0.4, 0.5) is 5.13 Å². The van der Waals surface area contributed by atoms with E-state index >= 15 is 0 Å². The SMILES string of the molecule is Cc1ccc(C(C)Nc2nc3ccc(C)cc3s2)cc1. The summed E-state index contributed by atoms with van der Waals surface area (Å²) in [5, 5.41) is 4.48. The van der Waals surface area contributed by atoms with Crippen LogP contribution in [0, 0.1) is 13.8 Å². The van der Waals surface area contributed by atoms with Crippen molar-refractivity contribution in [2.24, 2.45) is 0 Å². The van der Waals surface area contributed by atoms with Crippen LogP contribution in [0.5, 0.6) is 0 Å². The van der Waals surface area contributed by atoms with Crippen molar-refractivity contribution in [3.8, 4) is 0 Å². The Balaban J connectivity index is 1.83. The fraction of sp³-hybridized carbons (Fsp3) is 0.235. The van der Waals surface area contributed by atoms with Crippen LogP contribution in [0.2, 0.25) is 0 Å². The van der Waals surface area contributed by atoms with Gasteiger partial charge in [0.1, 0.15) is 0 Å². The van der Waals surface area contributed by atoms with Crippen LogP contribution in [0.1, 0.15) is 29.7 Å². The highest BCUT2D eigenvalue weighted by molar-refractivity contribution is 7.22. The first-order chi connectivity index (χ1) is 9.61. The van der Waals surface area contributed by atoms with Gasteiger partial charge in [0.2, 0.25) is 0 Å². The highest BCUT2D eigenvalue weighted by atomic mass is 32.1. The Labute approximate surface area is 123 Å². The lowest BCUT2D eigenvalue weighted by Gasteiger charge is -2.13. The van der Waals surface area contributed by atoms with E-state index in [1.165, 1.54) is 21.4 Å². The van der Waals surface area contributed by atoms with Crippen molar-refractivity contribution in [3.63, 3.8) is 0 Å². The van der Waals surface area contributed by atoms with Gasteiger partial charge in [-0.25, -0.2) is 4.98 Å². The zero-order valence-corrected chi connectivity index (χ0v) is 12.8. The van der Waals surface area contributed by atoms with Gasteiger partial charge in [0.25, 0.3) is 0 Å². The fourth-order valence-electron chi connectivity index (χ4n) is 2.22. The second-order valence-electron chi connectivity index (χ2n) is 5.27. The molecule has 0 bridgehead atoms. The van der Waals surface area contributed by atoms with Gasteiger partial charge < -0.3 is 5.32 Å². The van der Waals surface area contributed by atoms with E-state index in [-0.39, 0.29) is 6.04 Å². The van der Waals surface area contributed by atoms with Crippen LogP contribution in [0.3, 0.4) is 0 Å². The van der Waals surface area contributed by atoms with Gasteiger partial charge in [0.05, 0.1) is 16.3 Å². The van der Waals surface area contributed by atoms with Crippen molar-refractivity contribution in [3.05, 3.63) is 59.2 Å². The van der Waals surface area contributed by atoms with Gasteiger partial charge in [-0.15, -0.1) is 0 Å². The summed E-state index contributed by atoms with van der Waals surface area (Å²) in [6.07, 6.45) is 0. The van der Waals surface area contributed by atoms with Gasteiger partial charge in [-0.05, 0) is 44.0 Å². The Morgan fingerprint density at radius 1 is 1.00 bits per heavy atom. The van der Waals surface area contributed by atoms with E-state index < -0.39 is 0 Å². The van der Waals surface area contributed by atoms with Gasteiger partial charge in [-0.3, -0.25) is 0 Å². The Bertz CT molecular complexity index is 728. The highest BCUT2D eigenvalue weighted by Gasteiger charge is 2.09. The highest BCUT2D eigenvalue weighted by Crippen LogP contribution is 2.29. The number of rotatable bonds is 3. The lowest BCUT2D eigenvalue weighted by molar-refractivity contribution is 0.882. The van der Waals surface area contributed by atoms with E-state index in [1.54, 1.807) is 11.3 Å². The molecule has 0 amide bonds. The monoisotopic (exact) mass is 282 g/mol. The van der Waals surface area contributed by atoms with E-state index in [4.69, 9.17) is 0 Å². The number of hydrogen-bond donors (Lipinski definition) is 1. The third-order valence-corrected chi connectivity index (χ3v) is 4.41. The van der Waals surface area contributed by atoms with Crippen LogP contribution in [0.25, 0.3) is 10.2 Å². The average Bonchev–Trinajstić information content (AvgIpc) is 2.80. The number of hydrogen-bond acceptors (Lipinski definition) is 3. The molecule has 3 heteroatoms. The number of nitrogens with one attached hydrogen (secondary N) is 1. The normalized spacial score (nSPS) is 12.6. The summed E-state index contributed by atoms with van der Waals surface area (Å²) >= 11 is 1.72. The predicted molar refractivity (Wildman–Crippen MR) is 87.6 cm³/mol. The number of aromatic nitrogens is 1. The van der Waals surface area contributed by atoms with Crippen LogP contribution >= 0.6 is 11.3 Å². The molecule has 0 spiro atoms. The predicted octanol–water partition coefficient (Wildman–Crippen LogP) is 5.09. The molecule has 0 fully saturated rings. The van der Waals surface area contributed by atoms with E-state index in [9.17, 15) is 0 Å². The maximum absolute atomic E-state index is 4.64. The first kappa shape index (κ1) is 13.1. The Kier molecular flexibility index (Phi) is 3.45. The summed E-state index contributed by atoms with van der Waals surface area (Å²) in [5.74, 6) is 0. The fourth-order valence-corrected chi connectivity index (χ4v) is 3.27. The molecule has 1 heterocycles. The minimum atomic E-state index is 0.261. The summed E-state index contributed by atoms with van der Waals surface area (Å²) in [7, 11) is 0. The van der Waals surface area contributed by atoms with E-state index in [0.29, 0.717) is 0 Å². The van der Waals surface area contributed by atoms with Crippen molar-refractivity contribution in [1.29, 1.82) is 0 Å². The summed E-state index contributed by atoms with van der Waals surface area (Å²) in [4.78, 5) is 4.64. The van der Waals surface area contributed by atoms with E-state index in [2.05, 4.69) is 73.5 Å². The maximum Gasteiger partial charge on any atom is 0.184 e. The Hall–Kier alpha value is -1.87. The largest absolute Gasteiger partial charge is 0.355 e. The van der Waals surface area contributed by atoms with Crippen LogP contribution in [-0.2, 0) is 0 Å². The standard InChI is InChI=1S/C17H18N2S/c1-11-4-7-14(8-5-11)13(3)18-17-19-15-9-6-12(2)10-16(15)20-17/h4-10,13H,1-3H3,(H,18,19). The number of benzene rings is 2. The van der Waals surface area contributed by atoms with Gasteiger partial charge in [-0.1, -0.05) is 47.2 Å². The Morgan fingerprint density at radius 2 is 1.70 bits per heavy atom. The summed E-state index contributed by atoms with van der Waals surface area (Å²) < 4.78 is 1.24. The Morgan fingerprint density at radius 3 is 2.45 bits per heavy atom. The third-order valence-electron chi connectivity index (χ3n) is 3.46. The van der Waals surface area contributed by atoms with Crippen molar-refractivity contribution < 1.29 is 0 Å². The molecule has 3 aromatic rings. The molecule has 2 aromatic carbocycles. The summed E-state index contributed by atoms with van der Waals surface area (Å²) in [5.41, 5.74) is 4.92. The topological polar surface area (TPSA) is 24.9 Å². The maximum atomic E-state index is 4.64. The molecule has 0 aliphatic carbocycles. The molecule has 0 radical (unpaired) electrons. The number of anilines is 1. The molecule has 1 unspecified atom stereocenters. The third kappa shape index (κ3) is 2.68.